The molecule has 0 aromatic carbocycles. The Morgan fingerprint density at radius 2 is 1.88 bits per heavy atom. The van der Waals surface area contributed by atoms with E-state index < -0.39 is 5.79 Å². The molecule has 0 radical (unpaired) electrons. The van der Waals surface area contributed by atoms with Gasteiger partial charge in [-0.15, -0.1) is 0 Å². The van der Waals surface area contributed by atoms with Crippen LogP contribution in [0.3, 0.4) is 0 Å². The maximum atomic E-state index is 9.46. The van der Waals surface area contributed by atoms with Gasteiger partial charge in [0, 0.05) is 25.6 Å². The fraction of sp³-hybridized carbons (Fsp3) is 0.722. The molecular weight excluding hydrogens is 308 g/mol. The van der Waals surface area contributed by atoms with E-state index >= 15 is 0 Å². The van der Waals surface area contributed by atoms with Gasteiger partial charge in [-0.25, -0.2) is 0 Å². The first-order valence-corrected chi connectivity index (χ1v) is 8.74. The molecule has 138 valence electrons. The SMILES string of the molecule is CC.Cc1cc(OCCCOC(C)(C)O)nc(N2CCOCC2)c1. The van der Waals surface area contributed by atoms with Crippen LogP contribution in [0.15, 0.2) is 12.1 Å². The number of ether oxygens (including phenoxy) is 3. The average Bonchev–Trinajstić information content (AvgIpc) is 2.56. The predicted octanol–water partition coefficient (Wildman–Crippen LogP) is 2.77. The Labute approximate surface area is 145 Å². The van der Waals surface area contributed by atoms with Crippen molar-refractivity contribution in [3.05, 3.63) is 17.7 Å². The largest absolute Gasteiger partial charge is 0.478 e. The van der Waals surface area contributed by atoms with Crippen LogP contribution in [-0.4, -0.2) is 55.4 Å². The zero-order valence-electron chi connectivity index (χ0n) is 15.7. The van der Waals surface area contributed by atoms with Gasteiger partial charge in [0.2, 0.25) is 5.88 Å². The van der Waals surface area contributed by atoms with E-state index in [2.05, 4.69) is 16.0 Å². The van der Waals surface area contributed by atoms with Gasteiger partial charge in [-0.2, -0.15) is 4.98 Å². The quantitative estimate of drug-likeness (QED) is 0.608. The molecule has 1 aromatic heterocycles. The third-order valence-corrected chi connectivity index (χ3v) is 3.26. The number of aromatic nitrogens is 1. The standard InChI is InChI=1S/C16H26N2O4.C2H6/c1-13-11-14(18-5-9-20-10-6-18)17-15(12-13)21-7-4-8-22-16(2,3)19;1-2/h11-12,19H,4-10H2,1-3H3;1-2H3. The second-order valence-corrected chi connectivity index (χ2v) is 5.94. The van der Waals surface area contributed by atoms with E-state index in [1.54, 1.807) is 13.8 Å². The smallest absolute Gasteiger partial charge is 0.215 e. The van der Waals surface area contributed by atoms with Crippen LogP contribution in [0.5, 0.6) is 5.88 Å². The molecule has 1 saturated heterocycles. The summed E-state index contributed by atoms with van der Waals surface area (Å²) < 4.78 is 16.3. The zero-order chi connectivity index (χ0) is 18.0. The lowest BCUT2D eigenvalue weighted by Crippen LogP contribution is -2.36. The van der Waals surface area contributed by atoms with Crippen LogP contribution in [0.4, 0.5) is 5.82 Å². The summed E-state index contributed by atoms with van der Waals surface area (Å²) in [6.07, 6.45) is 0.701. The van der Waals surface area contributed by atoms with Gasteiger partial charge in [0.25, 0.3) is 0 Å². The average molecular weight is 340 g/mol. The van der Waals surface area contributed by atoms with E-state index in [1.807, 2.05) is 26.8 Å². The molecule has 2 rings (SSSR count). The highest BCUT2D eigenvalue weighted by atomic mass is 16.6. The van der Waals surface area contributed by atoms with Crippen LogP contribution < -0.4 is 9.64 Å². The molecule has 0 aliphatic carbocycles. The maximum absolute atomic E-state index is 9.46. The number of rotatable bonds is 7. The van der Waals surface area contributed by atoms with Crippen molar-refractivity contribution in [2.24, 2.45) is 0 Å². The lowest BCUT2D eigenvalue weighted by Gasteiger charge is -2.28. The van der Waals surface area contributed by atoms with Crippen molar-refractivity contribution in [1.29, 1.82) is 0 Å². The van der Waals surface area contributed by atoms with Gasteiger partial charge in [-0.1, -0.05) is 13.8 Å². The van der Waals surface area contributed by atoms with Crippen molar-refractivity contribution in [2.45, 2.75) is 46.8 Å². The van der Waals surface area contributed by atoms with E-state index in [-0.39, 0.29) is 0 Å². The highest BCUT2D eigenvalue weighted by Gasteiger charge is 2.14. The molecule has 24 heavy (non-hydrogen) atoms. The molecule has 0 bridgehead atoms. The molecule has 1 fully saturated rings. The fourth-order valence-corrected chi connectivity index (χ4v) is 2.20. The van der Waals surface area contributed by atoms with Crippen molar-refractivity contribution >= 4 is 5.82 Å². The molecule has 1 aromatic rings. The lowest BCUT2D eigenvalue weighted by molar-refractivity contribution is -0.176. The number of aliphatic hydroxyl groups is 1. The van der Waals surface area contributed by atoms with E-state index in [0.717, 1.165) is 37.7 Å². The minimum Gasteiger partial charge on any atom is -0.478 e. The number of hydrogen-bond donors (Lipinski definition) is 1. The summed E-state index contributed by atoms with van der Waals surface area (Å²) in [7, 11) is 0. The Morgan fingerprint density at radius 3 is 2.50 bits per heavy atom. The van der Waals surface area contributed by atoms with Gasteiger partial charge in [0.15, 0.2) is 5.79 Å². The molecule has 1 aliphatic rings. The van der Waals surface area contributed by atoms with Crippen LogP contribution in [-0.2, 0) is 9.47 Å². The van der Waals surface area contributed by atoms with Gasteiger partial charge in [0.1, 0.15) is 5.82 Å². The molecule has 0 amide bonds. The predicted molar refractivity (Wildman–Crippen MR) is 95.7 cm³/mol. The summed E-state index contributed by atoms with van der Waals surface area (Å²) in [5.41, 5.74) is 1.12. The van der Waals surface area contributed by atoms with E-state index in [4.69, 9.17) is 14.2 Å². The van der Waals surface area contributed by atoms with E-state index in [1.165, 1.54) is 0 Å². The van der Waals surface area contributed by atoms with Gasteiger partial charge >= 0.3 is 0 Å². The van der Waals surface area contributed by atoms with Crippen molar-refractivity contribution in [3.63, 3.8) is 0 Å². The molecule has 0 atom stereocenters. The Hall–Kier alpha value is -1.37. The molecule has 6 heteroatoms. The first-order valence-electron chi connectivity index (χ1n) is 8.74. The summed E-state index contributed by atoms with van der Waals surface area (Å²) in [6.45, 7) is 13.4. The van der Waals surface area contributed by atoms with Crippen molar-refractivity contribution in [1.82, 2.24) is 4.98 Å². The van der Waals surface area contributed by atoms with Crippen molar-refractivity contribution in [3.8, 4) is 5.88 Å². The number of aryl methyl sites for hydroxylation is 1. The maximum Gasteiger partial charge on any atom is 0.215 e. The second kappa shape index (κ2) is 10.5. The number of pyridine rings is 1. The van der Waals surface area contributed by atoms with Crippen LogP contribution >= 0.6 is 0 Å². The number of nitrogens with zero attached hydrogens (tertiary/aromatic N) is 2. The Balaban J connectivity index is 0.00000139. The molecular formula is C18H32N2O4. The monoisotopic (exact) mass is 340 g/mol. The fourth-order valence-electron chi connectivity index (χ4n) is 2.20. The van der Waals surface area contributed by atoms with E-state index in [0.29, 0.717) is 25.5 Å². The third kappa shape index (κ3) is 7.95. The number of morpholine rings is 1. The van der Waals surface area contributed by atoms with Gasteiger partial charge in [0.05, 0.1) is 26.4 Å². The topological polar surface area (TPSA) is 64.0 Å². The molecule has 2 heterocycles. The summed E-state index contributed by atoms with van der Waals surface area (Å²) in [5.74, 6) is 0.473. The summed E-state index contributed by atoms with van der Waals surface area (Å²) >= 11 is 0. The number of anilines is 1. The highest BCUT2D eigenvalue weighted by Crippen LogP contribution is 2.20. The summed E-state index contributed by atoms with van der Waals surface area (Å²) in [4.78, 5) is 6.77. The van der Waals surface area contributed by atoms with Gasteiger partial charge in [-0.3, -0.25) is 0 Å². The first-order chi connectivity index (χ1) is 11.4. The molecule has 1 N–H and O–H groups in total. The Bertz CT molecular complexity index is 469. The van der Waals surface area contributed by atoms with Gasteiger partial charge in [-0.05, 0) is 32.4 Å². The van der Waals surface area contributed by atoms with Gasteiger partial charge < -0.3 is 24.2 Å². The molecule has 0 saturated carbocycles. The molecule has 1 aliphatic heterocycles. The van der Waals surface area contributed by atoms with Crippen molar-refractivity contribution in [2.75, 3.05) is 44.4 Å². The van der Waals surface area contributed by atoms with Crippen LogP contribution in [0.2, 0.25) is 0 Å². The minimum atomic E-state index is -1.09. The minimum absolute atomic E-state index is 0.450. The first kappa shape index (κ1) is 20.7. The third-order valence-electron chi connectivity index (χ3n) is 3.26. The molecule has 0 unspecified atom stereocenters. The zero-order valence-corrected chi connectivity index (χ0v) is 15.7. The number of hydrogen-bond acceptors (Lipinski definition) is 6. The Morgan fingerprint density at radius 1 is 1.21 bits per heavy atom. The Kier molecular flexibility index (Phi) is 9.03. The molecule has 6 nitrogen and oxygen atoms in total. The van der Waals surface area contributed by atoms with Crippen molar-refractivity contribution < 1.29 is 19.3 Å². The van der Waals surface area contributed by atoms with Crippen LogP contribution in [0, 0.1) is 6.92 Å². The highest BCUT2D eigenvalue weighted by molar-refractivity contribution is 5.44. The van der Waals surface area contributed by atoms with Crippen LogP contribution in [0.25, 0.3) is 0 Å². The lowest BCUT2D eigenvalue weighted by atomic mass is 10.2. The molecule has 0 spiro atoms. The summed E-state index contributed by atoms with van der Waals surface area (Å²) in [6, 6.07) is 4.00. The second-order valence-electron chi connectivity index (χ2n) is 5.94. The normalized spacial score (nSPS) is 14.8. The summed E-state index contributed by atoms with van der Waals surface area (Å²) in [5, 5.41) is 9.46. The van der Waals surface area contributed by atoms with E-state index in [9.17, 15) is 5.11 Å². The van der Waals surface area contributed by atoms with Crippen LogP contribution in [0.1, 0.15) is 39.7 Å².